The van der Waals surface area contributed by atoms with E-state index in [4.69, 9.17) is 0 Å². The number of allylic oxidation sites excluding steroid dienone is 2. The Morgan fingerprint density at radius 2 is 1.06 bits per heavy atom. The molecule has 1 fully saturated rings. The van der Waals surface area contributed by atoms with Crippen LogP contribution in [0.15, 0.2) is 12.2 Å². The predicted molar refractivity (Wildman–Crippen MR) is 330 cm³/mol. The number of carbonyl (C=O) groups is 10. The lowest BCUT2D eigenvalue weighted by molar-refractivity contribution is -0.157. The Bertz CT molecular complexity index is 2290. The lowest BCUT2D eigenvalue weighted by atomic mass is 9.85. The summed E-state index contributed by atoms with van der Waals surface area (Å²) < 4.78 is 0. The highest BCUT2D eigenvalue weighted by Crippen LogP contribution is 2.27. The van der Waals surface area contributed by atoms with Crippen molar-refractivity contribution in [2.75, 3.05) is 55.9 Å². The van der Waals surface area contributed by atoms with Gasteiger partial charge < -0.3 is 60.5 Å². The predicted octanol–water partition coefficient (Wildman–Crippen LogP) is 3.20. The van der Waals surface area contributed by atoms with Gasteiger partial charge in [-0.15, -0.1) is 0 Å². The summed E-state index contributed by atoms with van der Waals surface area (Å²) in [7, 11) is 10.0. The van der Waals surface area contributed by atoms with Crippen LogP contribution in [0.5, 0.6) is 0 Å². The summed E-state index contributed by atoms with van der Waals surface area (Å²) in [4.78, 5) is 155. The minimum Gasteiger partial charge on any atom is -0.390 e. The second kappa shape index (κ2) is 34.6. The van der Waals surface area contributed by atoms with E-state index in [1.807, 2.05) is 54.5 Å². The number of carbonyl (C=O) groups excluding carboxylic acids is 10. The van der Waals surface area contributed by atoms with Gasteiger partial charge >= 0.3 is 0 Å². The van der Waals surface area contributed by atoms with E-state index in [9.17, 15) is 43.8 Å². The van der Waals surface area contributed by atoms with E-state index in [2.05, 4.69) is 21.3 Å². The Balaban J connectivity index is 4.33. The Morgan fingerprint density at radius 1 is 0.576 bits per heavy atom. The van der Waals surface area contributed by atoms with E-state index in [-0.39, 0.29) is 49.9 Å². The maximum absolute atomic E-state index is 15.1. The van der Waals surface area contributed by atoms with Crippen molar-refractivity contribution in [3.05, 3.63) is 12.2 Å². The maximum Gasteiger partial charge on any atom is 0.246 e. The zero-order valence-corrected chi connectivity index (χ0v) is 56.2. The molecule has 0 radical (unpaired) electrons. The van der Waals surface area contributed by atoms with Crippen LogP contribution in [0, 0.1) is 35.0 Å². The summed E-state index contributed by atoms with van der Waals surface area (Å²) in [6, 6.07) is -12.0. The standard InChI is InChI=1S/C62H113N11O12/c1-25-28-30-39(12)50(75)49-55(79)64-42(27-3)57(81)67(18)34-47(74)69(20)44(29-26-2)54(78)66-51(62(15,16)17)61(85)68(19)41(14)52(76)65-43(31-35(4)5)53(77)63-40(13)56(80)70(21)45(32-36(6)7)58(82)71(22)46(33-37(8)9)59(83)72(23)48(38(10)11)60(84)73(49)24/h25,28,35-46,48-51,54,66,75,78H,26-27,29-34H2,1-24H3,(H,63,77)(H,64,79)(H,65,76)/b28-25+/t39-,40-,41+,42+,43+,44+,45+,46-,48+,49+,50-,51-,54?/m1/s1. The van der Waals surface area contributed by atoms with Crippen LogP contribution in [0.3, 0.4) is 0 Å². The number of nitrogens with zero attached hydrogens (tertiary/aromatic N) is 7. The zero-order chi connectivity index (χ0) is 66.0. The fourth-order valence-electron chi connectivity index (χ4n) is 10.8. The van der Waals surface area contributed by atoms with Crippen LogP contribution in [0.25, 0.3) is 0 Å². The second-order valence-electron chi connectivity index (χ2n) is 26.5. The molecular weight excluding hydrogens is 1090 g/mol. The van der Waals surface area contributed by atoms with Crippen LogP contribution >= 0.6 is 0 Å². The molecule has 1 aliphatic rings. The average Bonchev–Trinajstić information content (AvgIpc) is 3.62. The molecule has 23 nitrogen and oxygen atoms in total. The van der Waals surface area contributed by atoms with E-state index in [1.54, 1.807) is 61.5 Å². The van der Waals surface area contributed by atoms with Gasteiger partial charge in [0.25, 0.3) is 0 Å². The lowest BCUT2D eigenvalue weighted by Gasteiger charge is -2.41. The Hall–Kier alpha value is -5.68. The first kappa shape index (κ1) is 77.3. The van der Waals surface area contributed by atoms with Crippen molar-refractivity contribution >= 4 is 59.1 Å². The van der Waals surface area contributed by atoms with Gasteiger partial charge in [0.05, 0.1) is 24.7 Å². The smallest absolute Gasteiger partial charge is 0.246 e. The molecule has 0 aliphatic carbocycles. The van der Waals surface area contributed by atoms with Gasteiger partial charge in [0, 0.05) is 49.3 Å². The van der Waals surface area contributed by atoms with Crippen LogP contribution in [0.1, 0.15) is 163 Å². The van der Waals surface area contributed by atoms with Crippen molar-refractivity contribution in [3.8, 4) is 0 Å². The van der Waals surface area contributed by atoms with Crippen molar-refractivity contribution in [1.82, 2.24) is 55.6 Å². The van der Waals surface area contributed by atoms with E-state index >= 15 is 14.4 Å². The van der Waals surface area contributed by atoms with E-state index in [1.165, 1.54) is 87.7 Å². The number of nitrogens with one attached hydrogen (secondary N) is 4. The van der Waals surface area contributed by atoms with E-state index < -0.39 is 156 Å². The Labute approximate surface area is 509 Å². The number of amides is 10. The van der Waals surface area contributed by atoms with Crippen LogP contribution in [-0.2, 0) is 47.9 Å². The summed E-state index contributed by atoms with van der Waals surface area (Å²) in [5.74, 6) is -8.17. The van der Waals surface area contributed by atoms with Gasteiger partial charge in [0.2, 0.25) is 59.1 Å². The number of likely N-dealkylation sites (N-methyl/N-ethyl adjacent to an activating group) is 7. The molecule has 488 valence electrons. The number of aliphatic hydroxyl groups excluding tert-OH is 2. The molecule has 0 aromatic carbocycles. The number of hydrogen-bond donors (Lipinski definition) is 6. The molecule has 85 heavy (non-hydrogen) atoms. The quantitative estimate of drug-likeness (QED) is 0.137. The summed E-state index contributed by atoms with van der Waals surface area (Å²) in [5, 5.41) is 35.4. The van der Waals surface area contributed by atoms with Gasteiger partial charge in [-0.3, -0.25) is 53.3 Å². The number of hydrogen-bond acceptors (Lipinski definition) is 13. The molecule has 1 unspecified atom stereocenters. The van der Waals surface area contributed by atoms with E-state index in [0.717, 1.165) is 9.80 Å². The molecule has 6 N–H and O–H groups in total. The molecule has 0 spiro atoms. The number of rotatable bonds is 14. The van der Waals surface area contributed by atoms with Crippen molar-refractivity contribution in [2.24, 2.45) is 35.0 Å². The topological polar surface area (TPSA) is 282 Å². The molecule has 23 heteroatoms. The molecule has 0 bridgehead atoms. The maximum atomic E-state index is 15.1. The van der Waals surface area contributed by atoms with Gasteiger partial charge in [0.1, 0.15) is 54.6 Å². The van der Waals surface area contributed by atoms with Crippen molar-refractivity contribution in [2.45, 2.75) is 235 Å². The summed E-state index contributed by atoms with van der Waals surface area (Å²) in [6.07, 6.45) is 2.18. The van der Waals surface area contributed by atoms with Crippen LogP contribution in [0.2, 0.25) is 0 Å². The molecular formula is C62H113N11O12. The average molecular weight is 1200 g/mol. The monoisotopic (exact) mass is 1200 g/mol. The third-order valence-electron chi connectivity index (χ3n) is 16.4. The molecule has 1 saturated heterocycles. The molecule has 0 aromatic rings. The van der Waals surface area contributed by atoms with Crippen LogP contribution < -0.4 is 21.3 Å². The minimum atomic E-state index is -1.60. The van der Waals surface area contributed by atoms with Crippen molar-refractivity contribution in [1.29, 1.82) is 0 Å². The first-order valence-electron chi connectivity index (χ1n) is 30.6. The molecule has 0 aromatic heterocycles. The minimum absolute atomic E-state index is 0.0372. The zero-order valence-electron chi connectivity index (χ0n) is 56.2. The molecule has 1 aliphatic heterocycles. The highest BCUT2D eigenvalue weighted by molar-refractivity contribution is 5.98. The summed E-state index contributed by atoms with van der Waals surface area (Å²) in [6.45, 7) is 29.5. The highest BCUT2D eigenvalue weighted by Gasteiger charge is 2.46. The fraction of sp³-hybridized carbons (Fsp3) is 0.806. The number of aliphatic hydroxyl groups is 2. The van der Waals surface area contributed by atoms with E-state index in [0.29, 0.717) is 12.8 Å². The Morgan fingerprint density at radius 3 is 1.52 bits per heavy atom. The second-order valence-corrected chi connectivity index (χ2v) is 26.5. The molecule has 10 amide bonds. The SMILES string of the molecule is C/C=C/C[C@@H](C)[C@@H](O)[C@H]1C(=O)N[C@@H](CC)C(=O)N(C)CC(=O)N(C)[C@@H](CCC)C(O)N[C@@H](C(C)(C)C)C(=O)N(C)[C@@H](C)C(=O)N[C@@H](CC(C)C)C(=O)N[C@H](C)C(=O)N(C)[C@@H](CC(C)C)C(=O)N(C)[C@H](CC(C)C)C(=O)N(C)[C@@H](C(C)C)C(=O)N1C. The lowest BCUT2D eigenvalue weighted by Crippen LogP contribution is -2.63. The fourth-order valence-corrected chi connectivity index (χ4v) is 10.8. The van der Waals surface area contributed by atoms with Crippen LogP contribution in [0.4, 0.5) is 0 Å². The third-order valence-corrected chi connectivity index (χ3v) is 16.4. The molecule has 13 atom stereocenters. The largest absolute Gasteiger partial charge is 0.390 e. The normalized spacial score (nSPS) is 27.9. The molecule has 0 saturated carbocycles. The van der Waals surface area contributed by atoms with Crippen LogP contribution in [-0.4, -0.2) is 232 Å². The molecule has 1 rings (SSSR count). The Kier molecular flexibility index (Phi) is 31.5. The van der Waals surface area contributed by atoms with Gasteiger partial charge in [-0.1, -0.05) is 116 Å². The molecule has 1 heterocycles. The van der Waals surface area contributed by atoms with Gasteiger partial charge in [-0.25, -0.2) is 0 Å². The summed E-state index contributed by atoms with van der Waals surface area (Å²) in [5.41, 5.74) is -0.879. The van der Waals surface area contributed by atoms with Gasteiger partial charge in [-0.2, -0.15) is 0 Å². The first-order valence-corrected chi connectivity index (χ1v) is 30.6. The first-order chi connectivity index (χ1) is 39.2. The van der Waals surface area contributed by atoms with Gasteiger partial charge in [-0.05, 0) is 94.3 Å². The summed E-state index contributed by atoms with van der Waals surface area (Å²) >= 11 is 0. The third kappa shape index (κ3) is 21.6. The van der Waals surface area contributed by atoms with Gasteiger partial charge in [0.15, 0.2) is 0 Å². The highest BCUT2D eigenvalue weighted by atomic mass is 16.3. The van der Waals surface area contributed by atoms with Crippen molar-refractivity contribution < 1.29 is 58.2 Å². The van der Waals surface area contributed by atoms with Crippen molar-refractivity contribution in [3.63, 3.8) is 0 Å².